The molecule has 0 radical (unpaired) electrons. The van der Waals surface area contributed by atoms with Gasteiger partial charge in [0, 0.05) is 47.9 Å². The Bertz CT molecular complexity index is 1600. The van der Waals surface area contributed by atoms with E-state index in [0.29, 0.717) is 23.5 Å². The van der Waals surface area contributed by atoms with Gasteiger partial charge in [-0.15, -0.1) is 11.3 Å². The number of nitrogens with zero attached hydrogens (tertiary/aromatic N) is 3. The molecule has 1 aliphatic rings. The van der Waals surface area contributed by atoms with E-state index in [1.54, 1.807) is 67.5 Å². The fourth-order valence-electron chi connectivity index (χ4n) is 4.98. The number of para-hydroxylation sites is 2. The third-order valence-corrected chi connectivity index (χ3v) is 8.41. The molecule has 1 aromatic heterocycles. The Morgan fingerprint density at radius 3 is 2.52 bits per heavy atom. The Morgan fingerprint density at radius 2 is 1.84 bits per heavy atom. The molecule has 5 rings (SSSR count). The van der Waals surface area contributed by atoms with Crippen LogP contribution in [0.25, 0.3) is 10.6 Å². The number of carbonyl (C=O) groups excluding carboxylic acids is 3. The van der Waals surface area contributed by atoms with E-state index in [1.807, 2.05) is 42.6 Å². The molecule has 10 nitrogen and oxygen atoms in total. The molecule has 1 aliphatic heterocycles. The van der Waals surface area contributed by atoms with E-state index in [2.05, 4.69) is 15.6 Å². The van der Waals surface area contributed by atoms with Crippen LogP contribution in [-0.4, -0.2) is 76.6 Å². The van der Waals surface area contributed by atoms with Gasteiger partial charge < -0.3 is 30.3 Å². The first kappa shape index (κ1) is 30.7. The molecule has 228 valence electrons. The van der Waals surface area contributed by atoms with Crippen molar-refractivity contribution in [3.05, 3.63) is 95.5 Å². The summed E-state index contributed by atoms with van der Waals surface area (Å²) in [5.41, 5.74) is 2.59. The van der Waals surface area contributed by atoms with Gasteiger partial charge in [-0.3, -0.25) is 9.59 Å². The SMILES string of the molecule is C[C@@H]1CN([C@@H](C)CO)C(=O)c2cccc(NC(=O)c3ccc(-c4nccs4)cc3)c2O[C@H]1CN(C)C(=O)Nc1ccccc1. The van der Waals surface area contributed by atoms with Crippen molar-refractivity contribution in [2.45, 2.75) is 26.0 Å². The average molecular weight is 614 g/mol. The monoisotopic (exact) mass is 613 g/mol. The van der Waals surface area contributed by atoms with Crippen molar-refractivity contribution in [3.8, 4) is 16.3 Å². The molecule has 0 bridgehead atoms. The molecule has 3 aromatic carbocycles. The number of fused-ring (bicyclic) bond motifs is 1. The molecule has 0 saturated carbocycles. The maximum atomic E-state index is 13.8. The number of aromatic nitrogens is 1. The lowest BCUT2D eigenvalue weighted by Gasteiger charge is -2.38. The molecule has 3 atom stereocenters. The summed E-state index contributed by atoms with van der Waals surface area (Å²) in [4.78, 5) is 47.6. The van der Waals surface area contributed by atoms with Crippen molar-refractivity contribution in [2.24, 2.45) is 5.92 Å². The lowest BCUT2D eigenvalue weighted by atomic mass is 9.99. The van der Waals surface area contributed by atoms with Crippen molar-refractivity contribution >= 4 is 40.6 Å². The quantitative estimate of drug-likeness (QED) is 0.243. The third kappa shape index (κ3) is 6.90. The van der Waals surface area contributed by atoms with Gasteiger partial charge in [-0.1, -0.05) is 43.3 Å². The van der Waals surface area contributed by atoms with E-state index in [-0.39, 0.29) is 48.2 Å². The van der Waals surface area contributed by atoms with Gasteiger partial charge in [0.15, 0.2) is 5.75 Å². The van der Waals surface area contributed by atoms with E-state index in [9.17, 15) is 19.5 Å². The smallest absolute Gasteiger partial charge is 0.321 e. The Balaban J connectivity index is 1.42. The molecule has 0 unspecified atom stereocenters. The number of aliphatic hydroxyl groups is 1. The fourth-order valence-corrected chi connectivity index (χ4v) is 5.62. The van der Waals surface area contributed by atoms with E-state index < -0.39 is 12.1 Å². The second-order valence-electron chi connectivity index (χ2n) is 10.9. The minimum absolute atomic E-state index is 0.204. The number of carbonyl (C=O) groups is 3. The molecule has 0 aliphatic carbocycles. The molecular weight excluding hydrogens is 578 g/mol. The highest BCUT2D eigenvalue weighted by Crippen LogP contribution is 2.35. The van der Waals surface area contributed by atoms with Gasteiger partial charge in [0.2, 0.25) is 0 Å². The van der Waals surface area contributed by atoms with Crippen molar-refractivity contribution in [1.29, 1.82) is 0 Å². The average Bonchev–Trinajstić information content (AvgIpc) is 3.58. The normalized spacial score (nSPS) is 17.0. The molecule has 2 heterocycles. The highest BCUT2D eigenvalue weighted by molar-refractivity contribution is 7.13. The Kier molecular flexibility index (Phi) is 9.56. The van der Waals surface area contributed by atoms with Crippen molar-refractivity contribution < 1.29 is 24.2 Å². The number of anilines is 2. The predicted molar refractivity (Wildman–Crippen MR) is 171 cm³/mol. The number of benzene rings is 3. The largest absolute Gasteiger partial charge is 0.485 e. The zero-order chi connectivity index (χ0) is 31.2. The van der Waals surface area contributed by atoms with Crippen LogP contribution in [0.5, 0.6) is 5.75 Å². The topological polar surface area (TPSA) is 124 Å². The summed E-state index contributed by atoms with van der Waals surface area (Å²) in [7, 11) is 1.68. The minimum Gasteiger partial charge on any atom is -0.485 e. The molecular formula is C33H35N5O5S. The number of thiazole rings is 1. The number of hydrogen-bond donors (Lipinski definition) is 3. The molecule has 11 heteroatoms. The molecule has 0 saturated heterocycles. The zero-order valence-electron chi connectivity index (χ0n) is 24.8. The van der Waals surface area contributed by atoms with Gasteiger partial charge >= 0.3 is 6.03 Å². The number of rotatable bonds is 8. The van der Waals surface area contributed by atoms with E-state index in [0.717, 1.165) is 10.6 Å². The summed E-state index contributed by atoms with van der Waals surface area (Å²) >= 11 is 1.51. The van der Waals surface area contributed by atoms with E-state index >= 15 is 0 Å². The number of hydrogen-bond acceptors (Lipinski definition) is 7. The summed E-state index contributed by atoms with van der Waals surface area (Å²) in [6.07, 6.45) is 1.19. The van der Waals surface area contributed by atoms with Gasteiger partial charge in [0.1, 0.15) is 11.1 Å². The molecule has 0 fully saturated rings. The van der Waals surface area contributed by atoms with Gasteiger partial charge in [0.25, 0.3) is 11.8 Å². The summed E-state index contributed by atoms with van der Waals surface area (Å²) < 4.78 is 6.54. The number of amides is 4. The molecule has 4 amide bonds. The molecule has 4 aromatic rings. The second-order valence-corrected chi connectivity index (χ2v) is 11.7. The van der Waals surface area contributed by atoms with Gasteiger partial charge in [0.05, 0.1) is 30.4 Å². The van der Waals surface area contributed by atoms with Gasteiger partial charge in [-0.2, -0.15) is 0 Å². The van der Waals surface area contributed by atoms with Crippen LogP contribution in [0.15, 0.2) is 84.4 Å². The van der Waals surface area contributed by atoms with E-state index in [1.165, 1.54) is 16.2 Å². The Labute approximate surface area is 260 Å². The standard InChI is InChI=1S/C33H35N5O5S/c1-21-18-38(22(2)20-39)32(41)26-10-7-11-27(36-30(40)23-12-14-24(15-13-23)31-34-16-17-44-31)29(26)43-28(21)19-37(3)33(42)35-25-8-5-4-6-9-25/h4-17,21-22,28,39H,18-20H2,1-3H3,(H,35,42)(H,36,40)/t21-,22+,28+/m1/s1. The van der Waals surface area contributed by atoms with Crippen LogP contribution in [0, 0.1) is 5.92 Å². The first-order valence-electron chi connectivity index (χ1n) is 14.3. The van der Waals surface area contributed by atoms with Crippen molar-refractivity contribution in [2.75, 3.05) is 37.4 Å². The number of ether oxygens (including phenoxy) is 1. The first-order chi connectivity index (χ1) is 21.2. The number of urea groups is 1. The van der Waals surface area contributed by atoms with Crippen LogP contribution in [0.3, 0.4) is 0 Å². The number of likely N-dealkylation sites (N-methyl/N-ethyl adjacent to an activating group) is 1. The Hall–Kier alpha value is -4.74. The highest BCUT2D eigenvalue weighted by Gasteiger charge is 2.35. The highest BCUT2D eigenvalue weighted by atomic mass is 32.1. The number of nitrogens with one attached hydrogen (secondary N) is 2. The molecule has 3 N–H and O–H groups in total. The van der Waals surface area contributed by atoms with Crippen LogP contribution in [-0.2, 0) is 0 Å². The fraction of sp³-hybridized carbons (Fsp3) is 0.273. The first-order valence-corrected chi connectivity index (χ1v) is 15.2. The zero-order valence-corrected chi connectivity index (χ0v) is 25.6. The minimum atomic E-state index is -0.544. The second kappa shape index (κ2) is 13.7. The van der Waals surface area contributed by atoms with Crippen LogP contribution in [0.2, 0.25) is 0 Å². The lowest BCUT2D eigenvalue weighted by Crippen LogP contribution is -2.50. The van der Waals surface area contributed by atoms with Gasteiger partial charge in [-0.25, -0.2) is 9.78 Å². The van der Waals surface area contributed by atoms with Crippen molar-refractivity contribution in [1.82, 2.24) is 14.8 Å². The summed E-state index contributed by atoms with van der Waals surface area (Å²) in [6.45, 7) is 4.01. The van der Waals surface area contributed by atoms with Crippen LogP contribution >= 0.6 is 11.3 Å². The Morgan fingerprint density at radius 1 is 1.09 bits per heavy atom. The van der Waals surface area contributed by atoms with Crippen molar-refractivity contribution in [3.63, 3.8) is 0 Å². The number of aliphatic hydroxyl groups excluding tert-OH is 1. The maximum Gasteiger partial charge on any atom is 0.321 e. The summed E-state index contributed by atoms with van der Waals surface area (Å²) in [5.74, 6) is -0.693. The van der Waals surface area contributed by atoms with Crippen LogP contribution in [0.4, 0.5) is 16.2 Å². The van der Waals surface area contributed by atoms with E-state index in [4.69, 9.17) is 4.74 Å². The summed E-state index contributed by atoms with van der Waals surface area (Å²) in [5, 5.41) is 18.5. The maximum absolute atomic E-state index is 13.8. The third-order valence-electron chi connectivity index (χ3n) is 7.59. The summed E-state index contributed by atoms with van der Waals surface area (Å²) in [6, 6.07) is 20.5. The van der Waals surface area contributed by atoms with Crippen LogP contribution < -0.4 is 15.4 Å². The lowest BCUT2D eigenvalue weighted by molar-refractivity contribution is 0.0372. The molecule has 0 spiro atoms. The predicted octanol–water partition coefficient (Wildman–Crippen LogP) is 5.45. The van der Waals surface area contributed by atoms with Crippen LogP contribution in [0.1, 0.15) is 34.6 Å². The van der Waals surface area contributed by atoms with Gasteiger partial charge in [-0.05, 0) is 43.3 Å². The molecule has 44 heavy (non-hydrogen) atoms.